The molecule has 0 aliphatic heterocycles. The van der Waals surface area contributed by atoms with Crippen molar-refractivity contribution >= 4 is 38.2 Å². The van der Waals surface area contributed by atoms with Crippen LogP contribution in [-0.2, 0) is 0 Å². The summed E-state index contributed by atoms with van der Waals surface area (Å²) in [6.07, 6.45) is 1.48. The smallest absolute Gasteiger partial charge is 0.298 e. The summed E-state index contributed by atoms with van der Waals surface area (Å²) in [5.74, 6) is 0.750. The zero-order valence-corrected chi connectivity index (χ0v) is 11.0. The minimum absolute atomic E-state index is 0.543. The Kier molecular flexibility index (Phi) is 2.78. The van der Waals surface area contributed by atoms with E-state index in [-0.39, 0.29) is 0 Å². The van der Waals surface area contributed by atoms with Gasteiger partial charge in [0.25, 0.3) is 5.19 Å². The number of hydrogen-bond donors (Lipinski definition) is 0. The second-order valence-corrected chi connectivity index (χ2v) is 4.94. The highest BCUT2D eigenvalue weighted by Crippen LogP contribution is 2.35. The molecule has 0 saturated heterocycles. The second-order valence-electron chi connectivity index (χ2n) is 3.41. The van der Waals surface area contributed by atoms with Crippen molar-refractivity contribution in [3.63, 3.8) is 0 Å². The molecule has 0 atom stereocenters. The Hall–Kier alpha value is -1.46. The first kappa shape index (κ1) is 10.7. The average Bonchev–Trinajstić information content (AvgIpc) is 2.86. The molecule has 0 amide bonds. The average molecular weight is 307 g/mol. The van der Waals surface area contributed by atoms with Gasteiger partial charge in [-0.15, -0.1) is 0 Å². The summed E-state index contributed by atoms with van der Waals surface area (Å²) in [5, 5.41) is 2.83. The van der Waals surface area contributed by atoms with E-state index in [9.17, 15) is 0 Å². The van der Waals surface area contributed by atoms with Crippen molar-refractivity contribution in [1.29, 1.82) is 0 Å². The lowest BCUT2D eigenvalue weighted by molar-refractivity contribution is 0.477. The number of ether oxygens (including phenoxy) is 1. The van der Waals surface area contributed by atoms with Crippen LogP contribution >= 0.6 is 27.5 Å². The first-order valence-corrected chi connectivity index (χ1v) is 6.53. The van der Waals surface area contributed by atoms with Crippen molar-refractivity contribution < 1.29 is 4.74 Å². The third-order valence-corrected chi connectivity index (χ3v) is 3.73. The Balaban J connectivity index is 2.09. The summed E-state index contributed by atoms with van der Waals surface area (Å²) >= 11 is 4.79. The van der Waals surface area contributed by atoms with E-state index in [4.69, 9.17) is 4.74 Å². The van der Waals surface area contributed by atoms with E-state index in [2.05, 4.69) is 31.4 Å². The summed E-state index contributed by atoms with van der Waals surface area (Å²) in [6.45, 7) is 0. The monoisotopic (exact) mass is 306 g/mol. The molecule has 0 unspecified atom stereocenters. The van der Waals surface area contributed by atoms with Crippen LogP contribution in [-0.4, -0.2) is 9.36 Å². The largest absolute Gasteiger partial charge is 0.429 e. The molecule has 1 aromatic heterocycles. The number of aromatic nitrogens is 2. The molecule has 84 valence electrons. The zero-order chi connectivity index (χ0) is 11.7. The fraction of sp³-hybridized carbons (Fsp3) is 0. The lowest BCUT2D eigenvalue weighted by Gasteiger charge is -2.07. The zero-order valence-electron chi connectivity index (χ0n) is 8.63. The Morgan fingerprint density at radius 2 is 2.00 bits per heavy atom. The van der Waals surface area contributed by atoms with E-state index in [1.807, 2.05) is 30.3 Å². The van der Waals surface area contributed by atoms with Gasteiger partial charge in [-0.05, 0) is 32.8 Å². The molecule has 0 saturated carbocycles. The van der Waals surface area contributed by atoms with E-state index < -0.39 is 0 Å². The molecule has 3 nitrogen and oxygen atoms in total. The van der Waals surface area contributed by atoms with Gasteiger partial charge in [-0.3, -0.25) is 0 Å². The molecule has 0 fully saturated rings. The molecule has 0 aliphatic carbocycles. The van der Waals surface area contributed by atoms with Gasteiger partial charge >= 0.3 is 0 Å². The molecule has 5 heteroatoms. The first-order valence-electron chi connectivity index (χ1n) is 4.96. The van der Waals surface area contributed by atoms with Crippen LogP contribution in [0.1, 0.15) is 0 Å². The van der Waals surface area contributed by atoms with Crippen molar-refractivity contribution in [2.75, 3.05) is 0 Å². The van der Waals surface area contributed by atoms with Crippen molar-refractivity contribution in [3.8, 4) is 10.9 Å². The third kappa shape index (κ3) is 2.03. The van der Waals surface area contributed by atoms with Gasteiger partial charge in [-0.2, -0.15) is 9.36 Å². The molecule has 0 aliphatic rings. The van der Waals surface area contributed by atoms with E-state index in [0.717, 1.165) is 15.6 Å². The lowest BCUT2D eigenvalue weighted by Crippen LogP contribution is -1.85. The van der Waals surface area contributed by atoms with Crippen molar-refractivity contribution in [3.05, 3.63) is 47.2 Å². The Morgan fingerprint density at radius 3 is 2.82 bits per heavy atom. The highest BCUT2D eigenvalue weighted by molar-refractivity contribution is 9.10. The van der Waals surface area contributed by atoms with Gasteiger partial charge in [-0.25, -0.2) is 0 Å². The van der Waals surface area contributed by atoms with Gasteiger partial charge in [0.2, 0.25) is 0 Å². The van der Waals surface area contributed by atoms with Gasteiger partial charge in [0.05, 0.1) is 4.47 Å². The van der Waals surface area contributed by atoms with E-state index in [0.29, 0.717) is 5.19 Å². The topological polar surface area (TPSA) is 35.0 Å². The molecule has 0 N–H and O–H groups in total. The molecule has 0 spiro atoms. The molecule has 3 rings (SSSR count). The maximum atomic E-state index is 5.66. The Bertz CT molecular complexity index is 655. The number of nitrogens with zero attached hydrogens (tertiary/aromatic N) is 2. The summed E-state index contributed by atoms with van der Waals surface area (Å²) in [7, 11) is 0. The molecule has 0 radical (unpaired) electrons. The minimum atomic E-state index is 0.543. The molecule has 0 bridgehead atoms. The molecular formula is C12H7BrN2OS. The van der Waals surface area contributed by atoms with Crippen molar-refractivity contribution in [2.45, 2.75) is 0 Å². The maximum absolute atomic E-state index is 5.66. The molecule has 17 heavy (non-hydrogen) atoms. The van der Waals surface area contributed by atoms with Crippen LogP contribution in [0.25, 0.3) is 10.8 Å². The maximum Gasteiger partial charge on any atom is 0.298 e. The van der Waals surface area contributed by atoms with Crippen LogP contribution in [0.3, 0.4) is 0 Å². The van der Waals surface area contributed by atoms with Gasteiger partial charge < -0.3 is 4.74 Å². The van der Waals surface area contributed by atoms with Crippen molar-refractivity contribution in [1.82, 2.24) is 9.36 Å². The van der Waals surface area contributed by atoms with Crippen LogP contribution in [0, 0.1) is 0 Å². The van der Waals surface area contributed by atoms with Gasteiger partial charge in [0, 0.05) is 11.5 Å². The van der Waals surface area contributed by atoms with Crippen LogP contribution < -0.4 is 4.74 Å². The molecule has 3 aromatic rings. The summed E-state index contributed by atoms with van der Waals surface area (Å²) in [6, 6.07) is 12.1. The Labute approximate surface area is 110 Å². The van der Waals surface area contributed by atoms with Crippen LogP contribution in [0.5, 0.6) is 10.9 Å². The number of fused-ring (bicyclic) bond motifs is 1. The number of rotatable bonds is 2. The highest BCUT2D eigenvalue weighted by Gasteiger charge is 2.08. The highest BCUT2D eigenvalue weighted by atomic mass is 79.9. The van der Waals surface area contributed by atoms with E-state index in [1.54, 1.807) is 0 Å². The Morgan fingerprint density at radius 1 is 1.12 bits per heavy atom. The van der Waals surface area contributed by atoms with Crippen LogP contribution in [0.15, 0.2) is 47.2 Å². The summed E-state index contributed by atoms with van der Waals surface area (Å²) < 4.78 is 10.5. The van der Waals surface area contributed by atoms with Gasteiger partial charge in [0.1, 0.15) is 12.1 Å². The summed E-state index contributed by atoms with van der Waals surface area (Å²) in [4.78, 5) is 4.00. The first-order chi connectivity index (χ1) is 8.34. The number of benzene rings is 2. The van der Waals surface area contributed by atoms with Gasteiger partial charge in [0.15, 0.2) is 0 Å². The normalized spacial score (nSPS) is 10.6. The van der Waals surface area contributed by atoms with Crippen LogP contribution in [0.2, 0.25) is 0 Å². The predicted octanol–water partition coefficient (Wildman–Crippen LogP) is 4.25. The summed E-state index contributed by atoms with van der Waals surface area (Å²) in [5.41, 5.74) is 0. The molecular weight excluding hydrogens is 300 g/mol. The minimum Gasteiger partial charge on any atom is -0.429 e. The van der Waals surface area contributed by atoms with Gasteiger partial charge in [-0.1, -0.05) is 30.3 Å². The van der Waals surface area contributed by atoms with E-state index in [1.165, 1.54) is 23.2 Å². The molecule has 1 heterocycles. The second kappa shape index (κ2) is 4.43. The van der Waals surface area contributed by atoms with Crippen LogP contribution in [0.4, 0.5) is 0 Å². The van der Waals surface area contributed by atoms with E-state index >= 15 is 0 Å². The standard InChI is InChI=1S/C12H7BrN2OS/c13-11-9-4-2-1-3-8(9)5-6-10(11)16-12-14-7-15-17-12/h1-7H. The lowest BCUT2D eigenvalue weighted by atomic mass is 10.1. The van der Waals surface area contributed by atoms with Crippen molar-refractivity contribution in [2.24, 2.45) is 0 Å². The fourth-order valence-electron chi connectivity index (χ4n) is 1.59. The predicted molar refractivity (Wildman–Crippen MR) is 71.6 cm³/mol. The quantitative estimate of drug-likeness (QED) is 0.710. The number of hydrogen-bond acceptors (Lipinski definition) is 4. The number of halogens is 1. The fourth-order valence-corrected chi connectivity index (χ4v) is 2.57. The third-order valence-electron chi connectivity index (χ3n) is 2.37. The molecule has 2 aromatic carbocycles. The SMILES string of the molecule is Brc1c(Oc2ncns2)ccc2ccccc12.